The highest BCUT2D eigenvalue weighted by atomic mass is 17.0. The van der Waals surface area contributed by atoms with E-state index < -0.39 is 5.09 Å². The van der Waals surface area contributed by atoms with Crippen LogP contribution in [0.5, 0.6) is 0 Å². The molecule has 0 spiro atoms. The second-order valence-electron chi connectivity index (χ2n) is 2.05. The molecule has 0 saturated carbocycles. The predicted octanol–water partition coefficient (Wildman–Crippen LogP) is -0.995. The van der Waals surface area contributed by atoms with E-state index in [1.54, 1.807) is 0 Å². The van der Waals surface area contributed by atoms with Crippen LogP contribution in [-0.2, 0) is 6.42 Å². The minimum atomic E-state index is -0.901. The summed E-state index contributed by atoms with van der Waals surface area (Å²) >= 11 is 0. The maximum absolute atomic E-state index is 9.93. The minimum absolute atomic E-state index is 0.396. The van der Waals surface area contributed by atoms with Gasteiger partial charge in [0.15, 0.2) is 10.8 Å². The van der Waals surface area contributed by atoms with Crippen molar-refractivity contribution in [2.24, 2.45) is 5.73 Å². The predicted molar refractivity (Wildman–Crippen MR) is 38.6 cm³/mol. The zero-order chi connectivity index (χ0) is 8.97. The van der Waals surface area contributed by atoms with E-state index in [0.29, 0.717) is 18.7 Å². The molecule has 0 atom stereocenters. The van der Waals surface area contributed by atoms with E-state index in [-0.39, 0.29) is 0 Å². The Balaban J connectivity index is 2.69. The summed E-state index contributed by atoms with van der Waals surface area (Å²) in [6, 6.07) is 0. The number of nitrogens with two attached hydrogens (primary N) is 1. The third-order valence-corrected chi connectivity index (χ3v) is 1.23. The van der Waals surface area contributed by atoms with Gasteiger partial charge in [-0.2, -0.15) is 4.94 Å². The standard InChI is InChI=1S/C5H8N4O3/c6-2-1-5-3-7-4-8(5)12-9(10)11/h3-4H,1-2,6H2. The largest absolute Gasteiger partial charge is 0.330 e. The van der Waals surface area contributed by atoms with Gasteiger partial charge in [-0.25, -0.2) is 15.1 Å². The lowest BCUT2D eigenvalue weighted by Crippen LogP contribution is -2.20. The molecule has 1 rings (SSSR count). The summed E-state index contributed by atoms with van der Waals surface area (Å²) in [5.41, 5.74) is 5.83. The van der Waals surface area contributed by atoms with Crippen molar-refractivity contribution >= 4 is 0 Å². The number of aromatic nitrogens is 2. The van der Waals surface area contributed by atoms with Gasteiger partial charge in [-0.05, 0) is 0 Å². The summed E-state index contributed by atoms with van der Waals surface area (Å²) in [5.74, 6) is 0. The Morgan fingerprint density at radius 1 is 1.83 bits per heavy atom. The molecule has 0 saturated heterocycles. The minimum Gasteiger partial charge on any atom is -0.330 e. The monoisotopic (exact) mass is 172 g/mol. The van der Waals surface area contributed by atoms with Crippen LogP contribution in [0.4, 0.5) is 0 Å². The Kier molecular flexibility index (Phi) is 2.59. The third kappa shape index (κ3) is 1.92. The van der Waals surface area contributed by atoms with Crippen molar-refractivity contribution in [3.8, 4) is 0 Å². The zero-order valence-electron chi connectivity index (χ0n) is 6.21. The van der Waals surface area contributed by atoms with E-state index in [2.05, 4.69) is 9.92 Å². The van der Waals surface area contributed by atoms with Gasteiger partial charge in [0.05, 0.1) is 6.20 Å². The first kappa shape index (κ1) is 8.47. The summed E-state index contributed by atoms with van der Waals surface area (Å²) < 4.78 is 0.979. The van der Waals surface area contributed by atoms with Gasteiger partial charge < -0.3 is 5.73 Å². The molecule has 0 aliphatic rings. The van der Waals surface area contributed by atoms with Crippen molar-refractivity contribution in [3.63, 3.8) is 0 Å². The first-order valence-corrected chi connectivity index (χ1v) is 3.28. The highest BCUT2D eigenvalue weighted by Crippen LogP contribution is 1.96. The van der Waals surface area contributed by atoms with Gasteiger partial charge in [-0.15, -0.1) is 0 Å². The second kappa shape index (κ2) is 3.67. The fraction of sp³-hybridized carbons (Fsp3) is 0.400. The van der Waals surface area contributed by atoms with Gasteiger partial charge >= 0.3 is 0 Å². The van der Waals surface area contributed by atoms with Crippen molar-refractivity contribution in [3.05, 3.63) is 28.3 Å². The first-order chi connectivity index (χ1) is 5.74. The molecule has 1 aromatic heterocycles. The quantitative estimate of drug-likeness (QED) is 0.464. The van der Waals surface area contributed by atoms with Gasteiger partial charge in [0.1, 0.15) is 0 Å². The molecule has 7 heteroatoms. The molecule has 1 aromatic rings. The number of rotatable bonds is 4. The van der Waals surface area contributed by atoms with Gasteiger partial charge in [0, 0.05) is 13.0 Å². The average Bonchev–Trinajstić information content (AvgIpc) is 2.37. The molecular weight excluding hydrogens is 164 g/mol. The van der Waals surface area contributed by atoms with Crippen LogP contribution in [0.25, 0.3) is 0 Å². The highest BCUT2D eigenvalue weighted by molar-refractivity contribution is 4.96. The SMILES string of the molecule is NCCc1cncn1O[N+](=O)[O-]. The molecule has 66 valence electrons. The molecule has 0 aliphatic carbocycles. The number of imidazole rings is 1. The van der Waals surface area contributed by atoms with Crippen molar-refractivity contribution in [2.45, 2.75) is 6.42 Å². The Hall–Kier alpha value is -1.63. The van der Waals surface area contributed by atoms with Crippen LogP contribution in [0, 0.1) is 10.1 Å². The van der Waals surface area contributed by atoms with E-state index in [1.807, 2.05) is 0 Å². The maximum atomic E-state index is 9.93. The fourth-order valence-corrected chi connectivity index (χ4v) is 0.779. The van der Waals surface area contributed by atoms with Crippen LogP contribution in [0.1, 0.15) is 5.69 Å². The maximum Gasteiger partial charge on any atom is 0.213 e. The van der Waals surface area contributed by atoms with E-state index in [9.17, 15) is 10.1 Å². The summed E-state index contributed by atoms with van der Waals surface area (Å²) in [5, 5.41) is 9.03. The number of hydrogen-bond donors (Lipinski definition) is 1. The molecule has 2 N–H and O–H groups in total. The lowest BCUT2D eigenvalue weighted by Gasteiger charge is -1.99. The Morgan fingerprint density at radius 2 is 2.58 bits per heavy atom. The first-order valence-electron chi connectivity index (χ1n) is 3.28. The number of nitrogens with zero attached hydrogens (tertiary/aromatic N) is 3. The van der Waals surface area contributed by atoms with Crippen LogP contribution < -0.4 is 10.7 Å². The molecule has 0 aliphatic heterocycles. The Morgan fingerprint density at radius 3 is 3.17 bits per heavy atom. The van der Waals surface area contributed by atoms with Gasteiger partial charge in [-0.3, -0.25) is 0 Å². The van der Waals surface area contributed by atoms with Crippen LogP contribution >= 0.6 is 0 Å². The fourth-order valence-electron chi connectivity index (χ4n) is 0.779. The van der Waals surface area contributed by atoms with Crippen LogP contribution in [-0.4, -0.2) is 21.3 Å². The van der Waals surface area contributed by atoms with E-state index >= 15 is 0 Å². The summed E-state index contributed by atoms with van der Waals surface area (Å²) in [6.07, 6.45) is 3.18. The van der Waals surface area contributed by atoms with Gasteiger partial charge in [-0.1, -0.05) is 4.73 Å². The average molecular weight is 172 g/mol. The summed E-state index contributed by atoms with van der Waals surface area (Å²) in [6.45, 7) is 0.396. The zero-order valence-corrected chi connectivity index (χ0v) is 6.21. The van der Waals surface area contributed by atoms with Crippen molar-refractivity contribution in [2.75, 3.05) is 6.54 Å². The topological polar surface area (TPSA) is 96.2 Å². The highest BCUT2D eigenvalue weighted by Gasteiger charge is 2.07. The van der Waals surface area contributed by atoms with Gasteiger partial charge in [0.2, 0.25) is 6.33 Å². The Labute approximate surface area is 67.8 Å². The molecule has 1 heterocycles. The normalized spacial score (nSPS) is 9.75. The smallest absolute Gasteiger partial charge is 0.213 e. The van der Waals surface area contributed by atoms with Crippen molar-refractivity contribution in [1.82, 2.24) is 9.71 Å². The molecular formula is C5H8N4O3. The number of hydrogen-bond acceptors (Lipinski definition) is 5. The molecule has 0 unspecified atom stereocenters. The molecule has 0 bridgehead atoms. The molecule has 0 fully saturated rings. The van der Waals surface area contributed by atoms with E-state index in [1.165, 1.54) is 12.5 Å². The second-order valence-corrected chi connectivity index (χ2v) is 2.05. The molecule has 12 heavy (non-hydrogen) atoms. The van der Waals surface area contributed by atoms with Gasteiger partial charge in [0.25, 0.3) is 0 Å². The van der Waals surface area contributed by atoms with Crippen LogP contribution in [0.3, 0.4) is 0 Å². The molecule has 7 nitrogen and oxygen atoms in total. The van der Waals surface area contributed by atoms with E-state index in [4.69, 9.17) is 5.73 Å². The lowest BCUT2D eigenvalue weighted by molar-refractivity contribution is -0.749. The van der Waals surface area contributed by atoms with Crippen molar-refractivity contribution in [1.29, 1.82) is 0 Å². The third-order valence-electron chi connectivity index (χ3n) is 1.23. The van der Waals surface area contributed by atoms with E-state index in [0.717, 1.165) is 4.73 Å². The Bertz CT molecular complexity index is 271. The molecule has 0 radical (unpaired) electrons. The van der Waals surface area contributed by atoms with Crippen LogP contribution in [0.2, 0.25) is 0 Å². The molecule has 0 amide bonds. The lowest BCUT2D eigenvalue weighted by atomic mass is 10.3. The summed E-state index contributed by atoms with van der Waals surface area (Å²) in [4.78, 5) is 17.8. The van der Waals surface area contributed by atoms with Crippen LogP contribution in [0.15, 0.2) is 12.5 Å². The summed E-state index contributed by atoms with van der Waals surface area (Å²) in [7, 11) is 0. The molecule has 0 aromatic carbocycles. The van der Waals surface area contributed by atoms with Crippen molar-refractivity contribution < 1.29 is 10.0 Å².